The molecule has 0 saturated carbocycles. The Morgan fingerprint density at radius 3 is 2.41 bits per heavy atom. The normalized spacial score (nSPS) is 10.8. The molecule has 3 aromatic carbocycles. The maximum Gasteiger partial charge on any atom is 0.166 e. The van der Waals surface area contributed by atoms with Crippen LogP contribution in [0.1, 0.15) is 16.7 Å². The van der Waals surface area contributed by atoms with Gasteiger partial charge in [-0.3, -0.25) is 0 Å². The highest BCUT2D eigenvalue weighted by Crippen LogP contribution is 2.32. The van der Waals surface area contributed by atoms with Crippen molar-refractivity contribution in [1.29, 1.82) is 0 Å². The van der Waals surface area contributed by atoms with Crippen LogP contribution in [-0.2, 0) is 19.6 Å². The van der Waals surface area contributed by atoms with E-state index in [2.05, 4.69) is 5.32 Å². The highest BCUT2D eigenvalue weighted by atomic mass is 35.5. The number of para-hydroxylation sites is 1. The summed E-state index contributed by atoms with van der Waals surface area (Å²) in [7, 11) is 1.62. The third-order valence-corrected chi connectivity index (χ3v) is 5.21. The van der Waals surface area contributed by atoms with Gasteiger partial charge in [-0.15, -0.1) is 0 Å². The van der Waals surface area contributed by atoms with Crippen LogP contribution in [0.5, 0.6) is 11.5 Å². The Kier molecular flexibility index (Phi) is 7.76. The Labute approximate surface area is 180 Å². The van der Waals surface area contributed by atoms with E-state index < -0.39 is 0 Å². The highest BCUT2D eigenvalue weighted by molar-refractivity contribution is 6.42. The monoisotopic (exact) mass is 433 g/mol. The average Bonchev–Trinajstić information content (AvgIpc) is 2.73. The summed E-state index contributed by atoms with van der Waals surface area (Å²) in [5.74, 6) is 1.14. The van der Waals surface area contributed by atoms with Gasteiger partial charge in [-0.05, 0) is 54.4 Å². The minimum absolute atomic E-state index is 0.221. The summed E-state index contributed by atoms with van der Waals surface area (Å²) < 4.78 is 24.5. The lowest BCUT2D eigenvalue weighted by Gasteiger charge is -2.16. The molecule has 0 amide bonds. The molecule has 0 fully saturated rings. The van der Waals surface area contributed by atoms with Crippen LogP contribution < -0.4 is 14.8 Å². The van der Waals surface area contributed by atoms with Gasteiger partial charge in [0.15, 0.2) is 11.5 Å². The van der Waals surface area contributed by atoms with Crippen molar-refractivity contribution in [2.24, 2.45) is 0 Å². The molecule has 0 saturated heterocycles. The van der Waals surface area contributed by atoms with Gasteiger partial charge in [0.05, 0.1) is 17.2 Å². The van der Waals surface area contributed by atoms with Crippen LogP contribution in [0.4, 0.5) is 4.39 Å². The van der Waals surface area contributed by atoms with Gasteiger partial charge in [0.2, 0.25) is 0 Å². The summed E-state index contributed by atoms with van der Waals surface area (Å²) in [6, 6.07) is 17.8. The highest BCUT2D eigenvalue weighted by Gasteiger charge is 2.11. The van der Waals surface area contributed by atoms with Gasteiger partial charge in [0, 0.05) is 12.1 Å². The van der Waals surface area contributed by atoms with Gasteiger partial charge >= 0.3 is 0 Å². The molecule has 0 aliphatic carbocycles. The quantitative estimate of drug-likeness (QED) is 0.416. The first-order valence-corrected chi connectivity index (χ1v) is 10.00. The van der Waals surface area contributed by atoms with Crippen LogP contribution in [0.15, 0.2) is 60.7 Å². The lowest BCUT2D eigenvalue weighted by molar-refractivity contribution is 0.280. The van der Waals surface area contributed by atoms with E-state index >= 15 is 0 Å². The van der Waals surface area contributed by atoms with Crippen molar-refractivity contribution in [3.05, 3.63) is 93.2 Å². The molecule has 29 heavy (non-hydrogen) atoms. The number of hydrogen-bond acceptors (Lipinski definition) is 3. The largest absolute Gasteiger partial charge is 0.493 e. The van der Waals surface area contributed by atoms with E-state index in [-0.39, 0.29) is 5.82 Å². The topological polar surface area (TPSA) is 30.5 Å². The van der Waals surface area contributed by atoms with Crippen LogP contribution in [0.25, 0.3) is 0 Å². The van der Waals surface area contributed by atoms with Crippen LogP contribution in [0, 0.1) is 5.82 Å². The molecule has 3 nitrogen and oxygen atoms in total. The summed E-state index contributed by atoms with van der Waals surface area (Å²) in [6.45, 7) is 1.73. The molecule has 0 atom stereocenters. The number of rotatable bonds is 9. The smallest absolute Gasteiger partial charge is 0.166 e. The molecular formula is C23H22Cl2FNO2. The fourth-order valence-electron chi connectivity index (χ4n) is 2.92. The van der Waals surface area contributed by atoms with Crippen molar-refractivity contribution in [3.8, 4) is 11.5 Å². The van der Waals surface area contributed by atoms with Gasteiger partial charge in [0.1, 0.15) is 12.4 Å². The first-order valence-electron chi connectivity index (χ1n) is 9.24. The van der Waals surface area contributed by atoms with Crippen molar-refractivity contribution < 1.29 is 13.9 Å². The van der Waals surface area contributed by atoms with Crippen molar-refractivity contribution in [1.82, 2.24) is 5.32 Å². The van der Waals surface area contributed by atoms with E-state index in [9.17, 15) is 4.39 Å². The fourth-order valence-corrected chi connectivity index (χ4v) is 3.24. The minimum Gasteiger partial charge on any atom is -0.493 e. The molecular weight excluding hydrogens is 412 g/mol. The van der Waals surface area contributed by atoms with Crippen molar-refractivity contribution >= 4 is 23.2 Å². The second-order valence-electron chi connectivity index (χ2n) is 6.54. The van der Waals surface area contributed by atoms with Crippen molar-refractivity contribution in [2.75, 3.05) is 13.7 Å². The zero-order valence-corrected chi connectivity index (χ0v) is 17.6. The molecule has 3 aromatic rings. The maximum atomic E-state index is 13.0. The Morgan fingerprint density at radius 2 is 1.69 bits per heavy atom. The molecule has 0 radical (unpaired) electrons. The first kappa shape index (κ1) is 21.4. The first-order chi connectivity index (χ1) is 14.1. The molecule has 0 aliphatic heterocycles. The molecule has 0 bridgehead atoms. The third kappa shape index (κ3) is 6.10. The molecule has 1 N–H and O–H groups in total. The van der Waals surface area contributed by atoms with Crippen LogP contribution in [0.3, 0.4) is 0 Å². The maximum absolute atomic E-state index is 13.0. The zero-order valence-electron chi connectivity index (χ0n) is 16.1. The van der Waals surface area contributed by atoms with E-state index in [1.165, 1.54) is 12.1 Å². The van der Waals surface area contributed by atoms with E-state index in [0.717, 1.165) is 29.7 Å². The molecule has 0 aliphatic rings. The zero-order chi connectivity index (χ0) is 20.6. The SMILES string of the molecule is COc1cccc(CNCCc2ccc(F)cc2)c1OCc1ccc(Cl)c(Cl)c1. The van der Waals surface area contributed by atoms with Crippen LogP contribution in [0.2, 0.25) is 10.0 Å². The number of nitrogens with one attached hydrogen (secondary N) is 1. The second-order valence-corrected chi connectivity index (χ2v) is 7.35. The lowest BCUT2D eigenvalue weighted by atomic mass is 10.1. The Morgan fingerprint density at radius 1 is 0.931 bits per heavy atom. The van der Waals surface area contributed by atoms with Crippen molar-refractivity contribution in [3.63, 3.8) is 0 Å². The van der Waals surface area contributed by atoms with Crippen LogP contribution >= 0.6 is 23.2 Å². The molecule has 3 rings (SSSR count). The van der Waals surface area contributed by atoms with Gasteiger partial charge in [-0.1, -0.05) is 53.5 Å². The molecule has 0 heterocycles. The summed E-state index contributed by atoms with van der Waals surface area (Å²) in [5.41, 5.74) is 2.99. The van der Waals surface area contributed by atoms with E-state index in [1.54, 1.807) is 31.4 Å². The van der Waals surface area contributed by atoms with E-state index in [1.807, 2.05) is 24.3 Å². The summed E-state index contributed by atoms with van der Waals surface area (Å²) in [5, 5.41) is 4.41. The molecule has 6 heteroatoms. The van der Waals surface area contributed by atoms with Gasteiger partial charge in [-0.2, -0.15) is 0 Å². The average molecular weight is 434 g/mol. The molecule has 0 unspecified atom stereocenters. The number of methoxy groups -OCH3 is 1. The van der Waals surface area contributed by atoms with E-state index in [0.29, 0.717) is 34.7 Å². The Bertz CT molecular complexity index is 948. The Balaban J connectivity index is 1.62. The molecule has 0 aromatic heterocycles. The summed E-state index contributed by atoms with van der Waals surface area (Å²) in [6.07, 6.45) is 0.809. The van der Waals surface area contributed by atoms with Gasteiger partial charge < -0.3 is 14.8 Å². The number of halogens is 3. The van der Waals surface area contributed by atoms with Gasteiger partial charge in [0.25, 0.3) is 0 Å². The second kappa shape index (κ2) is 10.5. The summed E-state index contributed by atoms with van der Waals surface area (Å²) in [4.78, 5) is 0. The number of ether oxygens (including phenoxy) is 2. The van der Waals surface area contributed by atoms with E-state index in [4.69, 9.17) is 32.7 Å². The van der Waals surface area contributed by atoms with Crippen molar-refractivity contribution in [2.45, 2.75) is 19.6 Å². The summed E-state index contributed by atoms with van der Waals surface area (Å²) >= 11 is 12.1. The number of benzene rings is 3. The lowest BCUT2D eigenvalue weighted by Crippen LogP contribution is -2.17. The van der Waals surface area contributed by atoms with Gasteiger partial charge in [-0.25, -0.2) is 4.39 Å². The number of hydrogen-bond donors (Lipinski definition) is 1. The standard InChI is InChI=1S/C23H22Cl2FNO2/c1-28-22-4-2-3-18(14-27-12-11-16-5-8-19(26)9-6-16)23(22)29-15-17-7-10-20(24)21(25)13-17/h2-10,13,27H,11-12,14-15H2,1H3. The third-order valence-electron chi connectivity index (χ3n) is 4.47. The predicted molar refractivity (Wildman–Crippen MR) is 116 cm³/mol. The van der Waals surface area contributed by atoms with Crippen LogP contribution in [-0.4, -0.2) is 13.7 Å². The molecule has 0 spiro atoms. The minimum atomic E-state index is -0.221. The Hall–Kier alpha value is -2.27. The molecule has 152 valence electrons. The predicted octanol–water partition coefficient (Wildman–Crippen LogP) is 6.05. The fraction of sp³-hybridized carbons (Fsp3) is 0.217.